The lowest BCUT2D eigenvalue weighted by atomic mass is 9.95. The zero-order chi connectivity index (χ0) is 19.6. The van der Waals surface area contributed by atoms with Gasteiger partial charge in [0.1, 0.15) is 0 Å². The third-order valence-corrected chi connectivity index (χ3v) is 4.66. The van der Waals surface area contributed by atoms with Crippen LogP contribution >= 0.6 is 35.6 Å². The van der Waals surface area contributed by atoms with Gasteiger partial charge in [-0.15, -0.1) is 24.0 Å². The van der Waals surface area contributed by atoms with E-state index >= 15 is 0 Å². The highest BCUT2D eigenvalue weighted by atomic mass is 127. The van der Waals surface area contributed by atoms with Gasteiger partial charge in [0.05, 0.1) is 6.54 Å². The number of benzene rings is 1. The van der Waals surface area contributed by atoms with Crippen molar-refractivity contribution in [3.8, 4) is 0 Å². The van der Waals surface area contributed by atoms with Crippen LogP contribution < -0.4 is 16.4 Å². The average Bonchev–Trinajstić information content (AvgIpc) is 2.64. The Labute approximate surface area is 188 Å². The molecule has 156 valence electrons. The van der Waals surface area contributed by atoms with Gasteiger partial charge in [-0.05, 0) is 49.9 Å². The lowest BCUT2D eigenvalue weighted by Crippen LogP contribution is -2.47. The molecule has 7 nitrogen and oxygen atoms in total. The minimum absolute atomic E-state index is 0. The normalized spacial score (nSPS) is 16.9. The van der Waals surface area contributed by atoms with Gasteiger partial charge in [-0.1, -0.05) is 11.6 Å². The van der Waals surface area contributed by atoms with Crippen molar-refractivity contribution in [3.63, 3.8) is 0 Å². The number of halogens is 2. The molecule has 1 saturated heterocycles. The molecular weight excluding hydrogens is 493 g/mol. The van der Waals surface area contributed by atoms with E-state index in [1.54, 1.807) is 24.3 Å². The predicted octanol–water partition coefficient (Wildman–Crippen LogP) is 2.24. The lowest BCUT2D eigenvalue weighted by molar-refractivity contribution is -0.119. The van der Waals surface area contributed by atoms with E-state index in [0.29, 0.717) is 30.1 Å². The molecule has 0 spiro atoms. The molecule has 1 unspecified atom stereocenters. The van der Waals surface area contributed by atoms with E-state index in [2.05, 4.69) is 20.5 Å². The molecule has 0 saturated carbocycles. The van der Waals surface area contributed by atoms with Crippen molar-refractivity contribution in [2.75, 3.05) is 32.7 Å². The molecule has 0 aromatic heterocycles. The molecule has 1 aliphatic heterocycles. The van der Waals surface area contributed by atoms with Gasteiger partial charge in [-0.3, -0.25) is 14.6 Å². The Bertz CT molecular complexity index is 669. The molecule has 1 aromatic carbocycles. The summed E-state index contributed by atoms with van der Waals surface area (Å²) in [6, 6.07) is 6.77. The number of hydrogen-bond acceptors (Lipinski definition) is 3. The zero-order valence-corrected chi connectivity index (χ0v) is 19.2. The van der Waals surface area contributed by atoms with Crippen LogP contribution in [0.5, 0.6) is 0 Å². The van der Waals surface area contributed by atoms with Gasteiger partial charge >= 0.3 is 0 Å². The fourth-order valence-corrected chi connectivity index (χ4v) is 3.29. The highest BCUT2D eigenvalue weighted by Gasteiger charge is 2.23. The summed E-state index contributed by atoms with van der Waals surface area (Å²) >= 11 is 5.83. The van der Waals surface area contributed by atoms with E-state index in [1.165, 1.54) is 0 Å². The van der Waals surface area contributed by atoms with Crippen molar-refractivity contribution in [1.82, 2.24) is 15.5 Å². The van der Waals surface area contributed by atoms with Crippen LogP contribution in [0, 0.1) is 5.92 Å². The van der Waals surface area contributed by atoms with Crippen molar-refractivity contribution in [1.29, 1.82) is 0 Å². The van der Waals surface area contributed by atoms with E-state index in [-0.39, 0.29) is 41.7 Å². The van der Waals surface area contributed by atoms with Crippen molar-refractivity contribution < 1.29 is 9.59 Å². The summed E-state index contributed by atoms with van der Waals surface area (Å²) in [5.74, 6) is 0.678. The Balaban J connectivity index is 0.00000392. The fourth-order valence-electron chi connectivity index (χ4n) is 3.17. The third kappa shape index (κ3) is 8.22. The zero-order valence-electron chi connectivity index (χ0n) is 16.1. The summed E-state index contributed by atoms with van der Waals surface area (Å²) in [6.07, 6.45) is 2.43. The molecule has 4 N–H and O–H groups in total. The summed E-state index contributed by atoms with van der Waals surface area (Å²) in [5.41, 5.74) is 5.91. The summed E-state index contributed by atoms with van der Waals surface area (Å²) in [7, 11) is 0. The molecular formula is C19H29ClIN5O2. The Kier molecular flexibility index (Phi) is 11.2. The second-order valence-corrected chi connectivity index (χ2v) is 7.06. The maximum absolute atomic E-state index is 12.1. The largest absolute Gasteiger partial charge is 0.370 e. The summed E-state index contributed by atoms with van der Waals surface area (Å²) < 4.78 is 0. The first-order valence-corrected chi connectivity index (χ1v) is 9.72. The first-order valence-electron chi connectivity index (χ1n) is 9.35. The van der Waals surface area contributed by atoms with Crippen LogP contribution in [0.4, 0.5) is 0 Å². The number of nitrogens with two attached hydrogens (primary N) is 1. The van der Waals surface area contributed by atoms with E-state index in [4.69, 9.17) is 17.3 Å². The molecule has 0 aliphatic carbocycles. The Morgan fingerprint density at radius 3 is 2.64 bits per heavy atom. The third-order valence-electron chi connectivity index (χ3n) is 4.41. The number of hydrogen-bond donors (Lipinski definition) is 3. The number of nitrogens with one attached hydrogen (secondary N) is 2. The number of rotatable bonds is 7. The maximum atomic E-state index is 12.1. The number of likely N-dealkylation sites (tertiary alicyclic amines) is 1. The number of carbonyl (C=O) groups excluding carboxylic acids is 2. The van der Waals surface area contributed by atoms with Crippen molar-refractivity contribution in [2.45, 2.75) is 26.2 Å². The van der Waals surface area contributed by atoms with Crippen LogP contribution in [0.1, 0.15) is 36.5 Å². The molecule has 9 heteroatoms. The highest BCUT2D eigenvalue weighted by Crippen LogP contribution is 2.19. The SMILES string of the molecule is CCNC(=NCCNC(=O)c1ccc(Cl)cc1)N1CCCC(CC(N)=O)C1.I. The lowest BCUT2D eigenvalue weighted by Gasteiger charge is -2.34. The fraction of sp³-hybridized carbons (Fsp3) is 0.526. The van der Waals surface area contributed by atoms with Crippen LogP contribution in [0.3, 0.4) is 0 Å². The minimum atomic E-state index is -0.256. The van der Waals surface area contributed by atoms with Gasteiger partial charge < -0.3 is 21.3 Å². The molecule has 28 heavy (non-hydrogen) atoms. The summed E-state index contributed by atoms with van der Waals surface area (Å²) in [6.45, 7) is 5.35. The van der Waals surface area contributed by atoms with Gasteiger partial charge in [0.25, 0.3) is 5.91 Å². The van der Waals surface area contributed by atoms with Crippen LogP contribution in [0.25, 0.3) is 0 Å². The summed E-state index contributed by atoms with van der Waals surface area (Å²) in [4.78, 5) is 30.1. The maximum Gasteiger partial charge on any atom is 0.251 e. The van der Waals surface area contributed by atoms with E-state index in [1.807, 2.05) is 6.92 Å². The van der Waals surface area contributed by atoms with E-state index in [9.17, 15) is 9.59 Å². The summed E-state index contributed by atoms with van der Waals surface area (Å²) in [5, 5.41) is 6.74. The van der Waals surface area contributed by atoms with Gasteiger partial charge in [0.2, 0.25) is 5.91 Å². The predicted molar refractivity (Wildman–Crippen MR) is 123 cm³/mol. The van der Waals surface area contributed by atoms with Crippen molar-refractivity contribution in [3.05, 3.63) is 34.9 Å². The van der Waals surface area contributed by atoms with Gasteiger partial charge in [-0.25, -0.2) is 0 Å². The van der Waals surface area contributed by atoms with Crippen LogP contribution in [0.2, 0.25) is 5.02 Å². The standard InChI is InChI=1S/C19H28ClN5O2.HI/c1-2-22-19(25-11-3-4-14(13-25)12-17(21)26)24-10-9-23-18(27)15-5-7-16(20)8-6-15;/h5-8,14H,2-4,9-13H2,1H3,(H2,21,26)(H,22,24)(H,23,27);1H. The molecule has 2 amide bonds. The Hall–Kier alpha value is -1.55. The molecule has 1 aliphatic rings. The number of primary amides is 1. The van der Waals surface area contributed by atoms with E-state index < -0.39 is 0 Å². The van der Waals surface area contributed by atoms with Crippen LogP contribution in [-0.2, 0) is 4.79 Å². The Morgan fingerprint density at radius 2 is 2.00 bits per heavy atom. The highest BCUT2D eigenvalue weighted by molar-refractivity contribution is 14.0. The van der Waals surface area contributed by atoms with E-state index in [0.717, 1.165) is 38.4 Å². The molecule has 1 fully saturated rings. The first kappa shape index (κ1) is 24.5. The van der Waals surface area contributed by atoms with Gasteiger partial charge in [-0.2, -0.15) is 0 Å². The smallest absolute Gasteiger partial charge is 0.251 e. The molecule has 1 aromatic rings. The molecule has 0 bridgehead atoms. The van der Waals surface area contributed by atoms with Crippen LogP contribution in [-0.4, -0.2) is 55.4 Å². The van der Waals surface area contributed by atoms with Gasteiger partial charge in [0, 0.05) is 43.2 Å². The number of guanidine groups is 1. The average molecular weight is 522 g/mol. The number of amides is 2. The topological polar surface area (TPSA) is 99.8 Å². The molecule has 0 radical (unpaired) electrons. The number of piperidine rings is 1. The Morgan fingerprint density at radius 1 is 1.29 bits per heavy atom. The second kappa shape index (κ2) is 12.8. The molecule has 2 rings (SSSR count). The second-order valence-electron chi connectivity index (χ2n) is 6.62. The molecule has 1 atom stereocenters. The minimum Gasteiger partial charge on any atom is -0.370 e. The number of aliphatic imine (C=N–C) groups is 1. The van der Waals surface area contributed by atoms with Crippen molar-refractivity contribution >= 4 is 53.4 Å². The number of carbonyl (C=O) groups is 2. The monoisotopic (exact) mass is 521 g/mol. The van der Waals surface area contributed by atoms with Crippen molar-refractivity contribution in [2.24, 2.45) is 16.6 Å². The van der Waals surface area contributed by atoms with Crippen LogP contribution in [0.15, 0.2) is 29.3 Å². The quantitative estimate of drug-likeness (QED) is 0.222. The van der Waals surface area contributed by atoms with Gasteiger partial charge in [0.15, 0.2) is 5.96 Å². The molecule has 1 heterocycles. The number of nitrogens with zero attached hydrogens (tertiary/aromatic N) is 2. The first-order chi connectivity index (χ1) is 13.0.